The van der Waals surface area contributed by atoms with Crippen molar-refractivity contribution in [3.05, 3.63) is 22.7 Å². The summed E-state index contributed by atoms with van der Waals surface area (Å²) in [4.78, 5) is 11.8. The van der Waals surface area contributed by atoms with Gasteiger partial charge in [-0.2, -0.15) is 28.8 Å². The number of aromatic nitrogens is 4. The van der Waals surface area contributed by atoms with Crippen LogP contribution in [0.4, 0.5) is 5.13 Å². The fourth-order valence-corrected chi connectivity index (χ4v) is 4.31. The highest BCUT2D eigenvalue weighted by Gasteiger charge is 2.03. The Morgan fingerprint density at radius 3 is 2.92 bits per heavy atom. The van der Waals surface area contributed by atoms with Gasteiger partial charge in [0.15, 0.2) is 0 Å². The molecule has 0 unspecified atom stereocenters. The zero-order valence-electron chi connectivity index (χ0n) is 14.6. The molecule has 0 atom stereocenters. The first-order chi connectivity index (χ1) is 12.7. The summed E-state index contributed by atoms with van der Waals surface area (Å²) >= 11 is 4.95. The maximum absolute atomic E-state index is 8.93. The van der Waals surface area contributed by atoms with Gasteiger partial charge in [0, 0.05) is 35.3 Å². The highest BCUT2D eigenvalue weighted by Crippen LogP contribution is 2.17. The molecule has 0 bridgehead atoms. The van der Waals surface area contributed by atoms with Crippen LogP contribution in [0.15, 0.2) is 11.3 Å². The van der Waals surface area contributed by atoms with E-state index in [9.17, 15) is 0 Å². The van der Waals surface area contributed by atoms with E-state index in [1.807, 2.05) is 18.7 Å². The standard InChI is InChI=1S/C15H22N8S3/c1-11-12(21-10-20-11)8-24-6-4-18-13(2-3-16)19-5-7-25-9-14-22-23-15(17)26-14/h10H,2,4-9H2,1H3,(H2,17,23)(H,18,19)(H,20,21). The van der Waals surface area contributed by atoms with E-state index in [-0.39, 0.29) is 0 Å². The average Bonchev–Trinajstić information content (AvgIpc) is 3.22. The van der Waals surface area contributed by atoms with E-state index in [0.29, 0.717) is 18.1 Å². The molecule has 0 aliphatic heterocycles. The SMILES string of the molecule is Cc1[nH]cnc1CSCCNC(CC#N)=NCCSCc1nnc(N)s1. The maximum atomic E-state index is 8.93. The zero-order valence-corrected chi connectivity index (χ0v) is 17.0. The first-order valence-electron chi connectivity index (χ1n) is 8.05. The summed E-state index contributed by atoms with van der Waals surface area (Å²) in [5, 5.41) is 21.4. The van der Waals surface area contributed by atoms with Crippen molar-refractivity contribution in [1.29, 1.82) is 5.26 Å². The monoisotopic (exact) mass is 410 g/mol. The third kappa shape index (κ3) is 7.63. The molecule has 0 radical (unpaired) electrons. The molecule has 0 aromatic carbocycles. The highest BCUT2D eigenvalue weighted by molar-refractivity contribution is 7.98. The molecule has 0 saturated heterocycles. The fourth-order valence-electron chi connectivity index (χ4n) is 1.95. The van der Waals surface area contributed by atoms with E-state index >= 15 is 0 Å². The van der Waals surface area contributed by atoms with E-state index < -0.39 is 0 Å². The number of nitriles is 1. The molecule has 0 amide bonds. The average molecular weight is 411 g/mol. The first-order valence-corrected chi connectivity index (χ1v) is 11.2. The van der Waals surface area contributed by atoms with E-state index in [4.69, 9.17) is 11.0 Å². The molecule has 26 heavy (non-hydrogen) atoms. The second-order valence-corrected chi connectivity index (χ2v) is 8.51. The molecule has 2 rings (SSSR count). The summed E-state index contributed by atoms with van der Waals surface area (Å²) in [6.07, 6.45) is 2.03. The van der Waals surface area contributed by atoms with Crippen molar-refractivity contribution >= 4 is 45.8 Å². The van der Waals surface area contributed by atoms with Crippen molar-refractivity contribution in [2.24, 2.45) is 4.99 Å². The molecule has 0 aliphatic carbocycles. The van der Waals surface area contributed by atoms with Gasteiger partial charge < -0.3 is 16.0 Å². The number of hydrogen-bond acceptors (Lipinski definition) is 9. The van der Waals surface area contributed by atoms with Crippen molar-refractivity contribution in [3.8, 4) is 6.07 Å². The molecule has 8 nitrogen and oxygen atoms in total. The van der Waals surface area contributed by atoms with Crippen LogP contribution in [-0.4, -0.2) is 50.6 Å². The van der Waals surface area contributed by atoms with Crippen LogP contribution in [0.5, 0.6) is 0 Å². The number of imidazole rings is 1. The molecule has 2 aromatic rings. The van der Waals surface area contributed by atoms with Crippen molar-refractivity contribution < 1.29 is 0 Å². The number of nitrogens with one attached hydrogen (secondary N) is 2. The predicted molar refractivity (Wildman–Crippen MR) is 111 cm³/mol. The lowest BCUT2D eigenvalue weighted by Crippen LogP contribution is -2.26. The van der Waals surface area contributed by atoms with Gasteiger partial charge in [0.2, 0.25) is 5.13 Å². The van der Waals surface area contributed by atoms with Crippen LogP contribution in [-0.2, 0) is 11.5 Å². The molecule has 0 aliphatic rings. The second-order valence-electron chi connectivity index (χ2n) is 5.20. The lowest BCUT2D eigenvalue weighted by atomic mass is 10.4. The van der Waals surface area contributed by atoms with Crippen LogP contribution in [0, 0.1) is 18.3 Å². The first kappa shape index (κ1) is 20.5. The van der Waals surface area contributed by atoms with Gasteiger partial charge >= 0.3 is 0 Å². The number of rotatable bonds is 11. The van der Waals surface area contributed by atoms with Crippen LogP contribution in [0.25, 0.3) is 0 Å². The number of anilines is 1. The van der Waals surface area contributed by atoms with E-state index in [1.54, 1.807) is 18.1 Å². The van der Waals surface area contributed by atoms with Crippen molar-refractivity contribution in [2.75, 3.05) is 30.3 Å². The van der Waals surface area contributed by atoms with Gasteiger partial charge in [0.05, 0.1) is 31.1 Å². The van der Waals surface area contributed by atoms with Crippen molar-refractivity contribution in [2.45, 2.75) is 24.9 Å². The fraction of sp³-hybridized carbons (Fsp3) is 0.533. The Kier molecular flexibility index (Phi) is 9.30. The number of nitrogen functional groups attached to an aromatic ring is 1. The van der Waals surface area contributed by atoms with Crippen LogP contribution < -0.4 is 11.1 Å². The summed E-state index contributed by atoms with van der Waals surface area (Å²) in [5.41, 5.74) is 7.76. The Balaban J connectivity index is 1.59. The number of H-pyrrole nitrogens is 1. The zero-order chi connectivity index (χ0) is 18.6. The van der Waals surface area contributed by atoms with Crippen LogP contribution in [0.1, 0.15) is 22.8 Å². The number of nitrogens with zero attached hydrogens (tertiary/aromatic N) is 5. The molecular formula is C15H22N8S3. The minimum atomic E-state index is 0.306. The quantitative estimate of drug-likeness (QED) is 0.292. The molecule has 2 heterocycles. The summed E-state index contributed by atoms with van der Waals surface area (Å²) in [7, 11) is 0. The summed E-state index contributed by atoms with van der Waals surface area (Å²) in [5.74, 6) is 4.22. The number of hydrogen-bond donors (Lipinski definition) is 3. The Morgan fingerprint density at radius 1 is 1.38 bits per heavy atom. The number of nitrogens with two attached hydrogens (primary N) is 1. The molecule has 0 spiro atoms. The van der Waals surface area contributed by atoms with Gasteiger partial charge in [-0.1, -0.05) is 11.3 Å². The molecule has 0 saturated carbocycles. The molecule has 4 N–H and O–H groups in total. The Hall–Kier alpha value is -1.77. The number of thioether (sulfide) groups is 2. The van der Waals surface area contributed by atoms with Crippen molar-refractivity contribution in [3.63, 3.8) is 0 Å². The van der Waals surface area contributed by atoms with Crippen LogP contribution in [0.2, 0.25) is 0 Å². The number of aliphatic imine (C=N–C) groups is 1. The van der Waals surface area contributed by atoms with Gasteiger partial charge in [-0.25, -0.2) is 4.98 Å². The van der Waals surface area contributed by atoms with Gasteiger partial charge in [0.1, 0.15) is 10.8 Å². The Bertz CT molecular complexity index is 733. The van der Waals surface area contributed by atoms with E-state index in [2.05, 4.69) is 36.5 Å². The normalized spacial score (nSPS) is 11.5. The number of amidine groups is 1. The number of aromatic amines is 1. The topological polar surface area (TPSA) is 129 Å². The van der Waals surface area contributed by atoms with E-state index in [0.717, 1.165) is 51.8 Å². The molecule has 11 heteroatoms. The van der Waals surface area contributed by atoms with Gasteiger partial charge in [-0.05, 0) is 6.92 Å². The summed E-state index contributed by atoms with van der Waals surface area (Å²) in [6.45, 7) is 3.48. The largest absolute Gasteiger partial charge is 0.374 e. The lowest BCUT2D eigenvalue weighted by Gasteiger charge is -2.07. The third-order valence-electron chi connectivity index (χ3n) is 3.24. The second kappa shape index (κ2) is 11.8. The summed E-state index contributed by atoms with van der Waals surface area (Å²) < 4.78 is 0. The Morgan fingerprint density at radius 2 is 2.23 bits per heavy atom. The van der Waals surface area contributed by atoms with Crippen molar-refractivity contribution in [1.82, 2.24) is 25.5 Å². The maximum Gasteiger partial charge on any atom is 0.203 e. The predicted octanol–water partition coefficient (Wildman–Crippen LogP) is 2.22. The molecule has 140 valence electrons. The van der Waals surface area contributed by atoms with Gasteiger partial charge in [0.25, 0.3) is 0 Å². The van der Waals surface area contributed by atoms with Gasteiger partial charge in [-0.15, -0.1) is 10.2 Å². The minimum absolute atomic E-state index is 0.306. The molecule has 2 aromatic heterocycles. The smallest absolute Gasteiger partial charge is 0.203 e. The lowest BCUT2D eigenvalue weighted by molar-refractivity contribution is 0.938. The minimum Gasteiger partial charge on any atom is -0.374 e. The third-order valence-corrected chi connectivity index (χ3v) is 6.10. The molecular weight excluding hydrogens is 388 g/mol. The van der Waals surface area contributed by atoms with Crippen LogP contribution >= 0.6 is 34.9 Å². The van der Waals surface area contributed by atoms with Crippen LogP contribution in [0.3, 0.4) is 0 Å². The highest BCUT2D eigenvalue weighted by atomic mass is 32.2. The number of aryl methyl sites for hydroxylation is 1. The van der Waals surface area contributed by atoms with Gasteiger partial charge in [-0.3, -0.25) is 4.99 Å². The molecule has 0 fully saturated rings. The summed E-state index contributed by atoms with van der Waals surface area (Å²) in [6, 6.07) is 2.16. The Labute approximate surface area is 165 Å². The van der Waals surface area contributed by atoms with E-state index in [1.165, 1.54) is 11.3 Å².